The minimum absolute atomic E-state index is 0.00994. The van der Waals surface area contributed by atoms with Crippen LogP contribution in [0, 0.1) is 5.92 Å². The largest absolute Gasteiger partial charge is 0.481 e. The van der Waals surface area contributed by atoms with Gasteiger partial charge in [0, 0.05) is 25.1 Å². The minimum atomic E-state index is -0.776. The van der Waals surface area contributed by atoms with Crippen LogP contribution in [0.5, 0.6) is 0 Å². The highest BCUT2D eigenvalue weighted by atomic mass is 16.4. The Morgan fingerprint density at radius 2 is 2.12 bits per heavy atom. The summed E-state index contributed by atoms with van der Waals surface area (Å²) >= 11 is 0. The maximum Gasteiger partial charge on any atom is 0.303 e. The van der Waals surface area contributed by atoms with Gasteiger partial charge >= 0.3 is 5.97 Å². The van der Waals surface area contributed by atoms with E-state index >= 15 is 0 Å². The number of piperidine rings is 1. The number of hydrogen-bond acceptors (Lipinski definition) is 4. The van der Waals surface area contributed by atoms with Crippen molar-refractivity contribution in [1.29, 1.82) is 0 Å². The van der Waals surface area contributed by atoms with Gasteiger partial charge in [-0.05, 0) is 36.8 Å². The molecule has 7 heteroatoms. The van der Waals surface area contributed by atoms with Crippen molar-refractivity contribution in [2.24, 2.45) is 5.92 Å². The van der Waals surface area contributed by atoms with Gasteiger partial charge in [0.2, 0.25) is 0 Å². The lowest BCUT2D eigenvalue weighted by molar-refractivity contribution is -0.137. The average Bonchev–Trinajstić information content (AvgIpc) is 3.13. The van der Waals surface area contributed by atoms with E-state index in [1.54, 1.807) is 11.0 Å². The highest BCUT2D eigenvalue weighted by Crippen LogP contribution is 2.23. The van der Waals surface area contributed by atoms with Gasteiger partial charge in [-0.1, -0.05) is 18.2 Å². The van der Waals surface area contributed by atoms with Crippen molar-refractivity contribution in [2.45, 2.75) is 32.2 Å². The van der Waals surface area contributed by atoms with Crippen molar-refractivity contribution >= 4 is 11.9 Å². The van der Waals surface area contributed by atoms with Crippen LogP contribution in [0.4, 0.5) is 0 Å². The molecule has 0 radical (unpaired) electrons. The maximum absolute atomic E-state index is 13.0. The molecule has 0 spiro atoms. The fourth-order valence-corrected chi connectivity index (χ4v) is 3.34. The van der Waals surface area contributed by atoms with Crippen LogP contribution in [0.1, 0.15) is 41.6 Å². The third-order valence-corrected chi connectivity index (χ3v) is 4.62. The quantitative estimate of drug-likeness (QED) is 0.868. The highest BCUT2D eigenvalue weighted by Gasteiger charge is 2.26. The molecule has 25 heavy (non-hydrogen) atoms. The Kier molecular flexibility index (Phi) is 5.42. The second-order valence-electron chi connectivity index (χ2n) is 6.44. The van der Waals surface area contributed by atoms with Gasteiger partial charge in [0.15, 0.2) is 0 Å². The molecule has 1 N–H and O–H groups in total. The molecule has 1 saturated heterocycles. The summed E-state index contributed by atoms with van der Waals surface area (Å²) in [5.74, 6) is -0.506. The third kappa shape index (κ3) is 4.43. The number of aliphatic carboxylic acids is 1. The molecule has 3 rings (SSSR count). The fourth-order valence-electron chi connectivity index (χ4n) is 3.34. The van der Waals surface area contributed by atoms with Crippen LogP contribution in [-0.2, 0) is 11.3 Å². The smallest absolute Gasteiger partial charge is 0.303 e. The first-order valence-electron chi connectivity index (χ1n) is 8.55. The Morgan fingerprint density at radius 3 is 2.88 bits per heavy atom. The second-order valence-corrected chi connectivity index (χ2v) is 6.44. The summed E-state index contributed by atoms with van der Waals surface area (Å²) in [6, 6.07) is 7.55. The van der Waals surface area contributed by atoms with Gasteiger partial charge in [0.25, 0.3) is 5.91 Å². The van der Waals surface area contributed by atoms with Crippen molar-refractivity contribution < 1.29 is 14.7 Å². The number of nitrogens with zero attached hydrogens (tertiary/aromatic N) is 4. The van der Waals surface area contributed by atoms with Crippen LogP contribution < -0.4 is 0 Å². The number of likely N-dealkylation sites (tertiary alicyclic amines) is 1. The Balaban J connectivity index is 1.71. The number of benzene rings is 1. The molecule has 0 saturated carbocycles. The molecule has 2 aromatic rings. The zero-order valence-electron chi connectivity index (χ0n) is 14.0. The second kappa shape index (κ2) is 7.92. The molecule has 1 unspecified atom stereocenters. The Labute approximate surface area is 146 Å². The predicted octanol–water partition coefficient (Wildman–Crippen LogP) is 2.04. The summed E-state index contributed by atoms with van der Waals surface area (Å²) in [7, 11) is 0. The molecule has 1 fully saturated rings. The Hall–Kier alpha value is -2.70. The van der Waals surface area contributed by atoms with Gasteiger partial charge in [-0.3, -0.25) is 9.59 Å². The molecule has 2 heterocycles. The lowest BCUT2D eigenvalue weighted by Gasteiger charge is -2.33. The highest BCUT2D eigenvalue weighted by molar-refractivity contribution is 5.95. The Bertz CT molecular complexity index is 730. The van der Waals surface area contributed by atoms with E-state index in [0.717, 1.165) is 24.9 Å². The van der Waals surface area contributed by atoms with Crippen molar-refractivity contribution in [3.63, 3.8) is 0 Å². The molecule has 1 atom stereocenters. The number of carbonyl (C=O) groups excluding carboxylic acids is 1. The summed E-state index contributed by atoms with van der Waals surface area (Å²) in [5, 5.41) is 13.0. The number of aromatic nitrogens is 3. The molecule has 1 aliphatic heterocycles. The summed E-state index contributed by atoms with van der Waals surface area (Å²) in [6.45, 7) is 1.85. The minimum Gasteiger partial charge on any atom is -0.481 e. The molecule has 1 aromatic heterocycles. The van der Waals surface area contributed by atoms with Crippen LogP contribution >= 0.6 is 0 Å². The van der Waals surface area contributed by atoms with Gasteiger partial charge in [-0.2, -0.15) is 5.10 Å². The van der Waals surface area contributed by atoms with Crippen LogP contribution in [0.15, 0.2) is 36.9 Å². The van der Waals surface area contributed by atoms with E-state index in [1.165, 1.54) is 6.33 Å². The Morgan fingerprint density at radius 1 is 1.28 bits per heavy atom. The summed E-state index contributed by atoms with van der Waals surface area (Å²) in [6.07, 6.45) is 5.79. The van der Waals surface area contributed by atoms with Crippen molar-refractivity contribution in [2.75, 3.05) is 13.1 Å². The monoisotopic (exact) mass is 342 g/mol. The SMILES string of the molecule is O=C(O)CCC1CCCN(C(=O)c2ccccc2Cn2cncn2)C1. The molecular weight excluding hydrogens is 320 g/mol. The average molecular weight is 342 g/mol. The lowest BCUT2D eigenvalue weighted by atomic mass is 9.92. The lowest BCUT2D eigenvalue weighted by Crippen LogP contribution is -2.40. The normalized spacial score (nSPS) is 17.4. The molecule has 132 valence electrons. The molecular formula is C18H22N4O3. The molecule has 0 aliphatic carbocycles. The van der Waals surface area contributed by atoms with Crippen molar-refractivity contribution in [3.8, 4) is 0 Å². The van der Waals surface area contributed by atoms with E-state index in [4.69, 9.17) is 5.11 Å². The molecule has 7 nitrogen and oxygen atoms in total. The van der Waals surface area contributed by atoms with Gasteiger partial charge in [-0.25, -0.2) is 9.67 Å². The van der Waals surface area contributed by atoms with Crippen LogP contribution in [0.3, 0.4) is 0 Å². The topological polar surface area (TPSA) is 88.3 Å². The number of carboxylic acid groups (broad SMARTS) is 1. The van der Waals surface area contributed by atoms with Gasteiger partial charge in [0.1, 0.15) is 12.7 Å². The van der Waals surface area contributed by atoms with Crippen molar-refractivity contribution in [1.82, 2.24) is 19.7 Å². The first-order valence-corrected chi connectivity index (χ1v) is 8.55. The molecule has 1 aliphatic rings. The number of carboxylic acids is 1. The fraction of sp³-hybridized carbons (Fsp3) is 0.444. The standard InChI is InChI=1S/C18H22N4O3/c23-17(24)8-7-14-4-3-9-21(10-14)18(25)16-6-2-1-5-15(16)11-22-13-19-12-20-22/h1-2,5-6,12-14H,3-4,7-11H2,(H,23,24). The number of rotatable bonds is 6. The summed E-state index contributed by atoms with van der Waals surface area (Å²) in [5.41, 5.74) is 1.59. The van der Waals surface area contributed by atoms with Gasteiger partial charge < -0.3 is 10.0 Å². The van der Waals surface area contributed by atoms with Crippen LogP contribution in [0.25, 0.3) is 0 Å². The summed E-state index contributed by atoms with van der Waals surface area (Å²) < 4.78 is 1.69. The predicted molar refractivity (Wildman–Crippen MR) is 91.1 cm³/mol. The third-order valence-electron chi connectivity index (χ3n) is 4.62. The first-order chi connectivity index (χ1) is 12.1. The molecule has 1 amide bonds. The molecule has 1 aromatic carbocycles. The first kappa shape index (κ1) is 17.1. The maximum atomic E-state index is 13.0. The van der Waals surface area contributed by atoms with E-state index in [0.29, 0.717) is 25.1 Å². The van der Waals surface area contributed by atoms with E-state index in [9.17, 15) is 9.59 Å². The summed E-state index contributed by atoms with van der Waals surface area (Å²) in [4.78, 5) is 29.6. The van der Waals surface area contributed by atoms with Crippen LogP contribution in [-0.4, -0.2) is 49.7 Å². The van der Waals surface area contributed by atoms with E-state index < -0.39 is 5.97 Å². The van der Waals surface area contributed by atoms with Gasteiger partial charge in [-0.15, -0.1) is 0 Å². The number of carbonyl (C=O) groups is 2. The number of hydrogen-bond donors (Lipinski definition) is 1. The zero-order chi connectivity index (χ0) is 17.6. The van der Waals surface area contributed by atoms with E-state index in [2.05, 4.69) is 10.1 Å². The van der Waals surface area contributed by atoms with Crippen molar-refractivity contribution in [3.05, 3.63) is 48.0 Å². The molecule has 0 bridgehead atoms. The van der Waals surface area contributed by atoms with Gasteiger partial charge in [0.05, 0.1) is 6.54 Å². The van der Waals surface area contributed by atoms with Crippen LogP contribution in [0.2, 0.25) is 0 Å². The van der Waals surface area contributed by atoms with E-state index in [1.807, 2.05) is 29.2 Å². The number of amides is 1. The zero-order valence-corrected chi connectivity index (χ0v) is 14.0. The van der Waals surface area contributed by atoms with E-state index in [-0.39, 0.29) is 18.2 Å².